The van der Waals surface area contributed by atoms with Crippen LogP contribution in [-0.2, 0) is 16.9 Å². The van der Waals surface area contributed by atoms with Gasteiger partial charge in [0.05, 0.1) is 24.2 Å². The molecule has 1 atom stereocenters. The molecule has 3 aromatic rings. The molecule has 1 unspecified atom stereocenters. The number of hydrogen-bond donors (Lipinski definition) is 1. The number of H-pyrrole nitrogens is 1. The molecule has 0 saturated heterocycles. The van der Waals surface area contributed by atoms with Crippen LogP contribution in [0.3, 0.4) is 0 Å². The number of anilines is 1. The summed E-state index contributed by atoms with van der Waals surface area (Å²) in [7, 11) is 2.04. The summed E-state index contributed by atoms with van der Waals surface area (Å²) in [5, 5.41) is 0.458. The minimum atomic E-state index is -1.29. The van der Waals surface area contributed by atoms with Crippen molar-refractivity contribution in [1.82, 2.24) is 9.97 Å². The van der Waals surface area contributed by atoms with E-state index >= 15 is 0 Å². The number of aromatic amines is 1. The summed E-state index contributed by atoms with van der Waals surface area (Å²) in [5.41, 5.74) is 3.63. The Morgan fingerprint density at radius 1 is 1.07 bits per heavy atom. The molecule has 7 heteroatoms. The zero-order chi connectivity index (χ0) is 20.1. The fourth-order valence-corrected chi connectivity index (χ4v) is 4.11. The van der Waals surface area contributed by atoms with E-state index in [1.807, 2.05) is 51.2 Å². The smallest absolute Gasteiger partial charge is 0.321 e. The highest BCUT2D eigenvalue weighted by atomic mass is 32.2. The van der Waals surface area contributed by atoms with E-state index in [1.165, 1.54) is 0 Å². The van der Waals surface area contributed by atoms with Crippen molar-refractivity contribution in [2.45, 2.75) is 31.7 Å². The lowest BCUT2D eigenvalue weighted by Crippen LogP contribution is -2.18. The average molecular weight is 402 g/mol. The Labute approximate surface area is 169 Å². The largest absolute Gasteiger partial charge is 0.609 e. The summed E-state index contributed by atoms with van der Waals surface area (Å²) in [6.45, 7) is 7.91. The predicted octanol–water partition coefficient (Wildman–Crippen LogP) is 4.12. The Hall–Kier alpha value is -2.38. The molecule has 0 amide bonds. The highest BCUT2D eigenvalue weighted by Crippen LogP contribution is 2.33. The number of nitrogens with zero attached hydrogens (tertiary/aromatic N) is 2. The second-order valence-electron chi connectivity index (χ2n) is 6.36. The van der Waals surface area contributed by atoms with Gasteiger partial charge < -0.3 is 18.9 Å². The molecule has 3 rings (SSSR count). The van der Waals surface area contributed by atoms with Gasteiger partial charge in [-0.3, -0.25) is 4.98 Å². The first-order valence-electron chi connectivity index (χ1n) is 9.54. The number of aromatic nitrogens is 2. The molecular formula is C21H27N3O3S. The predicted molar refractivity (Wildman–Crippen MR) is 114 cm³/mol. The molecule has 1 aromatic heterocycles. The number of nitrogens with one attached hydrogen (secondary N) is 1. The van der Waals surface area contributed by atoms with Crippen LogP contribution < -0.4 is 14.4 Å². The van der Waals surface area contributed by atoms with Crippen LogP contribution >= 0.6 is 0 Å². The lowest BCUT2D eigenvalue weighted by atomic mass is 10.2. The minimum absolute atomic E-state index is 0.400. The first kappa shape index (κ1) is 20.4. The van der Waals surface area contributed by atoms with Crippen molar-refractivity contribution in [2.75, 3.05) is 31.7 Å². The molecule has 0 aliphatic rings. The fraction of sp³-hybridized carbons (Fsp3) is 0.381. The third-order valence-electron chi connectivity index (χ3n) is 4.50. The Kier molecular flexibility index (Phi) is 6.70. The lowest BCUT2D eigenvalue weighted by Gasteiger charge is -2.20. The van der Waals surface area contributed by atoms with Crippen molar-refractivity contribution in [3.63, 3.8) is 0 Å². The van der Waals surface area contributed by atoms with Gasteiger partial charge in [-0.05, 0) is 26.8 Å². The Morgan fingerprint density at radius 3 is 2.43 bits per heavy atom. The normalized spacial score (nSPS) is 12.2. The van der Waals surface area contributed by atoms with Crippen molar-refractivity contribution in [3.8, 4) is 11.5 Å². The summed E-state index contributed by atoms with van der Waals surface area (Å²) >= 11 is -1.29. The summed E-state index contributed by atoms with van der Waals surface area (Å²) < 4.78 is 24.3. The number of rotatable bonds is 9. The van der Waals surface area contributed by atoms with Gasteiger partial charge in [0, 0.05) is 48.2 Å². The van der Waals surface area contributed by atoms with Crippen molar-refractivity contribution in [1.29, 1.82) is 0 Å². The second kappa shape index (κ2) is 9.21. The van der Waals surface area contributed by atoms with Crippen LogP contribution in [-0.4, -0.2) is 41.3 Å². The van der Waals surface area contributed by atoms with Crippen molar-refractivity contribution in [3.05, 3.63) is 42.0 Å². The van der Waals surface area contributed by atoms with Crippen LogP contribution in [0.1, 0.15) is 26.3 Å². The molecule has 0 aliphatic heterocycles. The number of para-hydroxylation sites is 1. The second-order valence-corrected chi connectivity index (χ2v) is 7.72. The van der Waals surface area contributed by atoms with E-state index in [9.17, 15) is 4.55 Å². The monoisotopic (exact) mass is 401 g/mol. The molecule has 150 valence electrons. The molecule has 0 saturated carbocycles. The molecule has 1 heterocycles. The molecule has 1 N–H and O–H groups in total. The minimum Gasteiger partial charge on any atom is -0.609 e. The molecule has 0 aliphatic carbocycles. The van der Waals surface area contributed by atoms with Gasteiger partial charge in [0.1, 0.15) is 5.75 Å². The highest BCUT2D eigenvalue weighted by Gasteiger charge is 2.21. The molecule has 2 aromatic carbocycles. The van der Waals surface area contributed by atoms with E-state index in [0.717, 1.165) is 23.3 Å². The summed E-state index contributed by atoms with van der Waals surface area (Å²) in [4.78, 5) is 9.88. The van der Waals surface area contributed by atoms with Crippen molar-refractivity contribution < 1.29 is 14.0 Å². The molecule has 0 spiro atoms. The van der Waals surface area contributed by atoms with E-state index in [0.29, 0.717) is 41.1 Å². The summed E-state index contributed by atoms with van der Waals surface area (Å²) in [5.74, 6) is 1.71. The number of benzene rings is 2. The van der Waals surface area contributed by atoms with E-state index in [4.69, 9.17) is 9.47 Å². The van der Waals surface area contributed by atoms with E-state index in [1.54, 1.807) is 0 Å². The van der Waals surface area contributed by atoms with Crippen LogP contribution in [0, 0.1) is 0 Å². The number of fused-ring (bicyclic) bond motifs is 1. The molecule has 0 bridgehead atoms. The zero-order valence-corrected chi connectivity index (χ0v) is 17.6. The molecule has 0 fully saturated rings. The van der Waals surface area contributed by atoms with Crippen molar-refractivity contribution >= 4 is 27.9 Å². The van der Waals surface area contributed by atoms with Crippen LogP contribution in [0.15, 0.2) is 41.6 Å². The SMILES string of the molecule is CCOc1cc2nc([S+]([O-])Cc3ccccc3N(C)CC)[nH]c2cc1OCC. The zero-order valence-electron chi connectivity index (χ0n) is 16.8. The van der Waals surface area contributed by atoms with E-state index in [-0.39, 0.29) is 0 Å². The Bertz CT molecular complexity index is 885. The van der Waals surface area contributed by atoms with Gasteiger partial charge in [-0.15, -0.1) is 0 Å². The third-order valence-corrected chi connectivity index (χ3v) is 5.70. The van der Waals surface area contributed by atoms with Crippen LogP contribution in [0.25, 0.3) is 11.0 Å². The number of imidazole rings is 1. The Balaban J connectivity index is 1.89. The van der Waals surface area contributed by atoms with Crippen LogP contribution in [0.4, 0.5) is 5.69 Å². The summed E-state index contributed by atoms with van der Waals surface area (Å²) in [6.07, 6.45) is 0. The average Bonchev–Trinajstić information content (AvgIpc) is 3.11. The van der Waals surface area contributed by atoms with Gasteiger partial charge in [-0.25, -0.2) is 0 Å². The van der Waals surface area contributed by atoms with E-state index < -0.39 is 11.2 Å². The molecule has 28 heavy (non-hydrogen) atoms. The molecule has 6 nitrogen and oxygen atoms in total. The quantitative estimate of drug-likeness (QED) is 0.546. The third kappa shape index (κ3) is 4.36. The maximum atomic E-state index is 13.0. The van der Waals surface area contributed by atoms with Crippen LogP contribution in [0.5, 0.6) is 11.5 Å². The number of ether oxygens (including phenoxy) is 2. The van der Waals surface area contributed by atoms with Gasteiger partial charge in [0.15, 0.2) is 11.5 Å². The first-order valence-corrected chi connectivity index (χ1v) is 10.9. The van der Waals surface area contributed by atoms with Gasteiger partial charge in [-0.2, -0.15) is 4.98 Å². The highest BCUT2D eigenvalue weighted by molar-refractivity contribution is 7.90. The maximum Gasteiger partial charge on any atom is 0.321 e. The Morgan fingerprint density at radius 2 is 1.75 bits per heavy atom. The first-order chi connectivity index (χ1) is 13.6. The van der Waals surface area contributed by atoms with Crippen LogP contribution in [0.2, 0.25) is 0 Å². The molecule has 0 radical (unpaired) electrons. The number of hydrogen-bond acceptors (Lipinski definition) is 5. The fourth-order valence-electron chi connectivity index (χ4n) is 3.02. The van der Waals surface area contributed by atoms with Gasteiger partial charge in [0.2, 0.25) is 0 Å². The van der Waals surface area contributed by atoms with Gasteiger partial charge >= 0.3 is 5.16 Å². The molecular weight excluding hydrogens is 374 g/mol. The lowest BCUT2D eigenvalue weighted by molar-refractivity contribution is 0.288. The maximum absolute atomic E-state index is 13.0. The van der Waals surface area contributed by atoms with E-state index in [2.05, 4.69) is 27.9 Å². The van der Waals surface area contributed by atoms with Gasteiger partial charge in [0.25, 0.3) is 0 Å². The van der Waals surface area contributed by atoms with Gasteiger partial charge in [-0.1, -0.05) is 18.2 Å². The van der Waals surface area contributed by atoms with Crippen molar-refractivity contribution in [2.24, 2.45) is 0 Å². The standard InChI is InChI=1S/C21H27N3O3S/c1-5-24(4)18-11-9-8-10-15(18)14-28(25)21-22-16-12-19(26-6-2)20(27-7-3)13-17(16)23-21/h8-13H,5-7,14H2,1-4H3,(H,22,23). The summed E-state index contributed by atoms with van der Waals surface area (Å²) in [6, 6.07) is 11.7. The topological polar surface area (TPSA) is 73.4 Å².